The molecule has 284 valence electrons. The highest BCUT2D eigenvalue weighted by molar-refractivity contribution is 6.99. The van der Waals surface area contributed by atoms with Crippen molar-refractivity contribution in [2.24, 2.45) is 11.1 Å². The third-order valence-corrected chi connectivity index (χ3v) is 17.4. The molecule has 2 aromatic carbocycles. The minimum absolute atomic E-state index is 0.0323. The average Bonchev–Trinajstić information content (AvgIpc) is 3.41. The summed E-state index contributed by atoms with van der Waals surface area (Å²) in [6, 6.07) is 24.6. The molecule has 7 rings (SSSR count). The van der Waals surface area contributed by atoms with Crippen molar-refractivity contribution in [3.8, 4) is 5.88 Å². The van der Waals surface area contributed by atoms with E-state index in [1.165, 1.54) is 19.5 Å². The maximum absolute atomic E-state index is 13.8. The van der Waals surface area contributed by atoms with Crippen molar-refractivity contribution in [2.45, 2.75) is 115 Å². The normalized spacial score (nSPS) is 22.8. The van der Waals surface area contributed by atoms with Crippen LogP contribution in [0.2, 0.25) is 5.04 Å². The molecular weight excluding hydrogens is 697 g/mol. The van der Waals surface area contributed by atoms with Crippen molar-refractivity contribution in [3.63, 3.8) is 0 Å². The number of hydrogen-bond donors (Lipinski definition) is 4. The number of aromatic hydroxyl groups is 1. The minimum Gasteiger partial charge on any atom is -0.494 e. The van der Waals surface area contributed by atoms with E-state index in [9.17, 15) is 19.5 Å². The molecule has 1 atom stereocenters. The van der Waals surface area contributed by atoms with Gasteiger partial charge in [-0.1, -0.05) is 94.8 Å². The fourth-order valence-corrected chi connectivity index (χ4v) is 14.3. The molecule has 2 aromatic heterocycles. The van der Waals surface area contributed by atoms with Gasteiger partial charge < -0.3 is 20.6 Å². The molecule has 0 radical (unpaired) electrons. The summed E-state index contributed by atoms with van der Waals surface area (Å²) in [5.41, 5.74) is 5.52. The first-order chi connectivity index (χ1) is 25.7. The SMILES string of the molecule is CCCCn1c(O)c(C(=N)N)c(=O)n(C2CCC3(CC2)CC2(C3)C(=O)Nc3ccc(C(C)O[Si](c4ccccc4)(c4ccccc4)C(C)(C)C)nc32)c1=O. The predicted octanol–water partition coefficient (Wildman–Crippen LogP) is 5.62. The Morgan fingerprint density at radius 3 is 2.15 bits per heavy atom. The Hall–Kier alpha value is -4.81. The molecule has 2 saturated carbocycles. The zero-order chi connectivity index (χ0) is 38.6. The summed E-state index contributed by atoms with van der Waals surface area (Å²) in [5.74, 6) is -1.14. The number of nitrogens with zero attached hydrogens (tertiary/aromatic N) is 3. The second-order valence-corrected chi connectivity index (χ2v) is 21.0. The molecule has 3 heterocycles. The molecule has 12 heteroatoms. The van der Waals surface area contributed by atoms with E-state index in [0.29, 0.717) is 32.1 Å². The number of carbonyl (C=O) groups excluding carboxylic acids is 1. The van der Waals surface area contributed by atoms with Crippen LogP contribution in [0, 0.1) is 10.8 Å². The van der Waals surface area contributed by atoms with Crippen LogP contribution in [0.5, 0.6) is 5.88 Å². The number of rotatable bonds is 10. The van der Waals surface area contributed by atoms with Gasteiger partial charge in [0.05, 0.1) is 28.6 Å². The van der Waals surface area contributed by atoms with Gasteiger partial charge in [0.15, 0.2) is 0 Å². The molecule has 1 amide bonds. The minimum atomic E-state index is -2.87. The molecule has 2 aliphatic carbocycles. The van der Waals surface area contributed by atoms with Crippen molar-refractivity contribution in [2.75, 3.05) is 5.32 Å². The molecule has 3 aliphatic rings. The van der Waals surface area contributed by atoms with E-state index in [1.807, 2.05) is 31.2 Å². The summed E-state index contributed by atoms with van der Waals surface area (Å²) in [6.07, 6.45) is 4.91. The van der Waals surface area contributed by atoms with E-state index in [0.717, 1.165) is 36.3 Å². The lowest BCUT2D eigenvalue weighted by atomic mass is 9.47. The average molecular weight is 749 g/mol. The van der Waals surface area contributed by atoms with Gasteiger partial charge in [-0.25, -0.2) is 4.79 Å². The Balaban J connectivity index is 1.15. The highest BCUT2D eigenvalue weighted by Gasteiger charge is 2.64. The topological polar surface area (TPSA) is 165 Å². The highest BCUT2D eigenvalue weighted by atomic mass is 28.4. The first-order valence-corrected chi connectivity index (χ1v) is 21.1. The molecule has 2 fully saturated rings. The quantitative estimate of drug-likeness (QED) is 0.0929. The van der Waals surface area contributed by atoms with Crippen LogP contribution in [0.4, 0.5) is 5.69 Å². The van der Waals surface area contributed by atoms with Gasteiger partial charge >= 0.3 is 5.69 Å². The second-order valence-electron chi connectivity index (χ2n) is 16.8. The predicted molar refractivity (Wildman–Crippen MR) is 213 cm³/mol. The highest BCUT2D eigenvalue weighted by Crippen LogP contribution is 2.65. The summed E-state index contributed by atoms with van der Waals surface area (Å²) >= 11 is 0. The van der Waals surface area contributed by atoms with Gasteiger partial charge in [-0.3, -0.25) is 29.1 Å². The standard InChI is InChI=1S/C42H52N6O5Si/c1-6-7-24-47-36(49)33(35(43)44)37(50)48(39(47)52)28-20-22-41(23-21-28)25-42(26-41)34-32(46-38(42)51)19-18-31(45-34)27(2)53-54(40(3,4)5,29-14-10-8-11-15-29)30-16-12-9-13-17-30/h8-19,27-28,49H,6-7,20-26H2,1-5H3,(H3,43,44)(H,46,51). The summed E-state index contributed by atoms with van der Waals surface area (Å²) < 4.78 is 9.76. The van der Waals surface area contributed by atoms with E-state index < -0.39 is 42.7 Å². The first-order valence-electron chi connectivity index (χ1n) is 19.2. The van der Waals surface area contributed by atoms with Crippen LogP contribution in [0.1, 0.15) is 115 Å². The summed E-state index contributed by atoms with van der Waals surface area (Å²) in [6.45, 7) is 11.0. The number of fused-ring (bicyclic) bond motifs is 2. The lowest BCUT2D eigenvalue weighted by Gasteiger charge is -2.56. The van der Waals surface area contributed by atoms with Crippen molar-refractivity contribution in [3.05, 3.63) is 111 Å². The Labute approximate surface area is 317 Å². The van der Waals surface area contributed by atoms with Gasteiger partial charge in [-0.05, 0) is 84.8 Å². The number of unbranched alkanes of at least 4 members (excludes halogenated alkanes) is 1. The Kier molecular flexibility index (Phi) is 9.58. The maximum atomic E-state index is 13.8. The summed E-state index contributed by atoms with van der Waals surface area (Å²) in [5, 5.41) is 24.0. The van der Waals surface area contributed by atoms with Crippen LogP contribution in [0.3, 0.4) is 0 Å². The molecule has 2 spiro atoms. The molecule has 1 aliphatic heterocycles. The number of amidine groups is 1. The molecular formula is C42H52N6O5Si. The zero-order valence-electron chi connectivity index (χ0n) is 31.9. The van der Waals surface area contributed by atoms with E-state index in [-0.39, 0.29) is 34.6 Å². The monoisotopic (exact) mass is 748 g/mol. The largest absolute Gasteiger partial charge is 0.494 e. The second kappa shape index (κ2) is 13.8. The first kappa shape index (κ1) is 37.5. The van der Waals surface area contributed by atoms with Crippen molar-refractivity contribution < 1.29 is 14.3 Å². The van der Waals surface area contributed by atoms with Crippen LogP contribution in [-0.4, -0.2) is 39.3 Å². The number of pyridine rings is 1. The number of amides is 1. The van der Waals surface area contributed by atoms with Gasteiger partial charge in [0.25, 0.3) is 13.9 Å². The number of hydrogen-bond acceptors (Lipinski definition) is 7. The van der Waals surface area contributed by atoms with Gasteiger partial charge in [0.1, 0.15) is 11.4 Å². The van der Waals surface area contributed by atoms with Crippen LogP contribution in [-0.2, 0) is 21.2 Å². The van der Waals surface area contributed by atoms with Gasteiger partial charge in [-0.2, -0.15) is 0 Å². The zero-order valence-corrected chi connectivity index (χ0v) is 32.9. The smallest absolute Gasteiger partial charge is 0.334 e. The van der Waals surface area contributed by atoms with Crippen molar-refractivity contribution >= 4 is 36.1 Å². The Bertz CT molecular complexity index is 2150. The third kappa shape index (κ3) is 5.94. The van der Waals surface area contributed by atoms with Crippen molar-refractivity contribution in [1.29, 1.82) is 5.41 Å². The van der Waals surface area contributed by atoms with Crippen LogP contribution in [0.15, 0.2) is 82.4 Å². The number of nitrogens with two attached hydrogens (primary N) is 1. The fourth-order valence-electron chi connectivity index (χ4n) is 9.65. The lowest BCUT2D eigenvalue weighted by molar-refractivity contribution is -0.132. The van der Waals surface area contributed by atoms with Crippen LogP contribution in [0.25, 0.3) is 0 Å². The molecule has 1 unspecified atom stereocenters. The fraction of sp³-hybridized carbons (Fsp3) is 0.452. The van der Waals surface area contributed by atoms with Gasteiger partial charge in [-0.15, -0.1) is 0 Å². The van der Waals surface area contributed by atoms with E-state index in [2.05, 4.69) is 81.5 Å². The van der Waals surface area contributed by atoms with E-state index in [4.69, 9.17) is 20.6 Å². The number of aromatic nitrogens is 3. The van der Waals surface area contributed by atoms with Gasteiger partial charge in [0.2, 0.25) is 11.8 Å². The Morgan fingerprint density at radius 2 is 1.61 bits per heavy atom. The summed E-state index contributed by atoms with van der Waals surface area (Å²) in [7, 11) is -2.87. The molecule has 0 saturated heterocycles. The number of carbonyl (C=O) groups is 1. The molecule has 5 N–H and O–H groups in total. The molecule has 4 aromatic rings. The van der Waals surface area contributed by atoms with Crippen LogP contribution < -0.4 is 32.7 Å². The molecule has 54 heavy (non-hydrogen) atoms. The van der Waals surface area contributed by atoms with Gasteiger partial charge in [0, 0.05) is 12.6 Å². The van der Waals surface area contributed by atoms with Crippen LogP contribution >= 0.6 is 0 Å². The number of nitrogens with one attached hydrogen (secondary N) is 2. The number of benzene rings is 2. The molecule has 11 nitrogen and oxygen atoms in total. The number of anilines is 1. The van der Waals surface area contributed by atoms with E-state index >= 15 is 0 Å². The van der Waals surface area contributed by atoms with Crippen molar-refractivity contribution in [1.82, 2.24) is 14.1 Å². The Morgan fingerprint density at radius 1 is 1.02 bits per heavy atom. The maximum Gasteiger partial charge on any atom is 0.334 e. The third-order valence-electron chi connectivity index (χ3n) is 12.3. The summed E-state index contributed by atoms with van der Waals surface area (Å²) in [4.78, 5) is 46.1. The number of nitrogen functional groups attached to an aromatic ring is 1. The molecule has 0 bridgehead atoms. The van der Waals surface area contributed by atoms with E-state index in [1.54, 1.807) is 0 Å². The lowest BCUT2D eigenvalue weighted by Crippen LogP contribution is -2.66.